The molecule has 0 radical (unpaired) electrons. The van der Waals surface area contributed by atoms with E-state index in [2.05, 4.69) is 0 Å². The second-order valence-electron chi connectivity index (χ2n) is 3.32. The molecular weight excluding hydrogens is 256 g/mol. The molecule has 0 aliphatic heterocycles. The SMILES string of the molecule is O=S(=O)(O)[S+](c1ccccc1)c1ccccc1. The lowest BCUT2D eigenvalue weighted by molar-refractivity contribution is 0.502. The first kappa shape index (κ1) is 12.2. The molecule has 0 aliphatic carbocycles. The lowest BCUT2D eigenvalue weighted by Gasteiger charge is -2.02. The minimum absolute atomic E-state index is 0.584. The predicted molar refractivity (Wildman–Crippen MR) is 68.3 cm³/mol. The quantitative estimate of drug-likeness (QED) is 0.528. The standard InChI is InChI=1S/C12H10O3S2/c13-17(14,15)16(11-7-3-1-4-8-11)12-9-5-2-6-10-12/h1-10H/p+1. The van der Waals surface area contributed by atoms with Crippen LogP contribution in [0.2, 0.25) is 0 Å². The minimum atomic E-state index is -4.14. The zero-order valence-corrected chi connectivity index (χ0v) is 10.5. The molecule has 2 rings (SSSR count). The van der Waals surface area contributed by atoms with E-state index in [4.69, 9.17) is 0 Å². The Balaban J connectivity index is 2.56. The normalized spacial score (nSPS) is 11.6. The summed E-state index contributed by atoms with van der Waals surface area (Å²) in [7, 11) is -5.48. The van der Waals surface area contributed by atoms with Crippen LogP contribution in [0.3, 0.4) is 0 Å². The Kier molecular flexibility index (Phi) is 3.51. The topological polar surface area (TPSA) is 54.4 Å². The first-order valence-electron chi connectivity index (χ1n) is 4.91. The van der Waals surface area contributed by atoms with Crippen molar-refractivity contribution < 1.29 is 13.0 Å². The van der Waals surface area contributed by atoms with Crippen LogP contribution >= 0.6 is 0 Å². The van der Waals surface area contributed by atoms with Gasteiger partial charge in [0.15, 0.2) is 9.79 Å². The van der Waals surface area contributed by atoms with Gasteiger partial charge in [-0.15, -0.1) is 8.42 Å². The highest BCUT2D eigenvalue weighted by atomic mass is 33.2. The van der Waals surface area contributed by atoms with Crippen molar-refractivity contribution in [3.8, 4) is 0 Å². The maximum Gasteiger partial charge on any atom is 0.458 e. The van der Waals surface area contributed by atoms with E-state index >= 15 is 0 Å². The highest BCUT2D eigenvalue weighted by Gasteiger charge is 2.39. The third-order valence-electron chi connectivity index (χ3n) is 2.13. The van der Waals surface area contributed by atoms with E-state index in [0.717, 1.165) is 0 Å². The van der Waals surface area contributed by atoms with Crippen molar-refractivity contribution in [2.24, 2.45) is 0 Å². The van der Waals surface area contributed by atoms with E-state index in [0.29, 0.717) is 9.79 Å². The van der Waals surface area contributed by atoms with E-state index in [1.54, 1.807) is 60.7 Å². The fourth-order valence-corrected chi connectivity index (χ4v) is 5.16. The number of hydrogen-bond acceptors (Lipinski definition) is 2. The molecule has 0 atom stereocenters. The summed E-state index contributed by atoms with van der Waals surface area (Å²) in [6.07, 6.45) is 0. The maximum atomic E-state index is 11.5. The third kappa shape index (κ3) is 2.88. The molecule has 1 N–H and O–H groups in total. The summed E-state index contributed by atoms with van der Waals surface area (Å²) in [4.78, 5) is 1.17. The van der Waals surface area contributed by atoms with Gasteiger partial charge in [0.25, 0.3) is 0 Å². The Bertz CT molecular complexity index is 540. The van der Waals surface area contributed by atoms with Gasteiger partial charge in [-0.25, -0.2) is 4.55 Å². The molecule has 3 nitrogen and oxygen atoms in total. The summed E-state index contributed by atoms with van der Waals surface area (Å²) in [6.45, 7) is 0. The Morgan fingerprint density at radius 1 is 0.765 bits per heavy atom. The van der Waals surface area contributed by atoms with Crippen LogP contribution in [0.15, 0.2) is 70.5 Å². The van der Waals surface area contributed by atoms with Crippen LogP contribution in [0.5, 0.6) is 0 Å². The van der Waals surface area contributed by atoms with E-state index < -0.39 is 19.1 Å². The van der Waals surface area contributed by atoms with Gasteiger partial charge < -0.3 is 0 Å². The molecule has 0 amide bonds. The second-order valence-corrected chi connectivity index (χ2v) is 7.92. The lowest BCUT2D eigenvalue weighted by atomic mass is 10.4. The van der Waals surface area contributed by atoms with Crippen LogP contribution in [-0.2, 0) is 19.1 Å². The van der Waals surface area contributed by atoms with E-state index in [1.165, 1.54) is 0 Å². The summed E-state index contributed by atoms with van der Waals surface area (Å²) in [6, 6.07) is 17.4. The van der Waals surface area contributed by atoms with Crippen LogP contribution in [-0.4, -0.2) is 13.0 Å². The smallest absolute Gasteiger partial charge is 0.246 e. The van der Waals surface area contributed by atoms with Gasteiger partial charge in [0.2, 0.25) is 9.93 Å². The van der Waals surface area contributed by atoms with Gasteiger partial charge in [-0.3, -0.25) is 0 Å². The zero-order chi connectivity index (χ0) is 12.3. The fraction of sp³-hybridized carbons (Fsp3) is 0. The van der Waals surface area contributed by atoms with Gasteiger partial charge >= 0.3 is 9.15 Å². The average molecular weight is 267 g/mol. The fourth-order valence-electron chi connectivity index (χ4n) is 1.47. The van der Waals surface area contributed by atoms with Crippen LogP contribution < -0.4 is 0 Å². The zero-order valence-electron chi connectivity index (χ0n) is 8.85. The second kappa shape index (κ2) is 4.91. The van der Waals surface area contributed by atoms with Crippen molar-refractivity contribution in [1.29, 1.82) is 0 Å². The van der Waals surface area contributed by atoms with Crippen molar-refractivity contribution in [3.63, 3.8) is 0 Å². The van der Waals surface area contributed by atoms with Crippen molar-refractivity contribution in [1.82, 2.24) is 0 Å². The molecule has 0 unspecified atom stereocenters. The maximum absolute atomic E-state index is 11.5. The van der Waals surface area contributed by atoms with Gasteiger partial charge in [-0.05, 0) is 24.3 Å². The van der Waals surface area contributed by atoms with Gasteiger partial charge in [0.1, 0.15) is 0 Å². The molecule has 0 saturated heterocycles. The summed E-state index contributed by atoms with van der Waals surface area (Å²) < 4.78 is 32.4. The molecule has 17 heavy (non-hydrogen) atoms. The summed E-state index contributed by atoms with van der Waals surface area (Å²) in [5.74, 6) is 0. The monoisotopic (exact) mass is 267 g/mol. The Morgan fingerprint density at radius 2 is 1.12 bits per heavy atom. The molecule has 88 valence electrons. The van der Waals surface area contributed by atoms with Crippen molar-refractivity contribution in [2.45, 2.75) is 9.79 Å². The highest BCUT2D eigenvalue weighted by molar-refractivity contribution is 8.67. The largest absolute Gasteiger partial charge is 0.458 e. The van der Waals surface area contributed by atoms with Crippen molar-refractivity contribution in [3.05, 3.63) is 60.7 Å². The van der Waals surface area contributed by atoms with Crippen LogP contribution in [0, 0.1) is 0 Å². The number of benzene rings is 2. The summed E-state index contributed by atoms with van der Waals surface area (Å²) in [5, 5.41) is 0. The lowest BCUT2D eigenvalue weighted by Crippen LogP contribution is -2.15. The molecule has 0 aromatic heterocycles. The van der Waals surface area contributed by atoms with Crippen LogP contribution in [0.4, 0.5) is 0 Å². The van der Waals surface area contributed by atoms with E-state index in [1.807, 2.05) is 0 Å². The van der Waals surface area contributed by atoms with Crippen molar-refractivity contribution >= 4 is 19.1 Å². The first-order chi connectivity index (χ1) is 8.09. The molecule has 0 fully saturated rings. The molecule has 5 heteroatoms. The number of rotatable bonds is 3. The summed E-state index contributed by atoms with van der Waals surface area (Å²) in [5.41, 5.74) is 0. The third-order valence-corrected chi connectivity index (χ3v) is 6.37. The van der Waals surface area contributed by atoms with Gasteiger partial charge in [-0.2, -0.15) is 0 Å². The van der Waals surface area contributed by atoms with Crippen LogP contribution in [0.25, 0.3) is 0 Å². The molecule has 0 bridgehead atoms. The van der Waals surface area contributed by atoms with Crippen molar-refractivity contribution in [2.75, 3.05) is 0 Å². The summed E-state index contributed by atoms with van der Waals surface area (Å²) >= 11 is 0. The highest BCUT2D eigenvalue weighted by Crippen LogP contribution is 2.27. The van der Waals surface area contributed by atoms with E-state index in [-0.39, 0.29) is 0 Å². The predicted octanol–water partition coefficient (Wildman–Crippen LogP) is 2.53. The first-order valence-corrected chi connectivity index (χ1v) is 8.09. The molecule has 0 heterocycles. The molecule has 0 aliphatic rings. The molecule has 0 saturated carbocycles. The molecule has 2 aromatic carbocycles. The van der Waals surface area contributed by atoms with Gasteiger partial charge in [-0.1, -0.05) is 36.4 Å². The minimum Gasteiger partial charge on any atom is -0.246 e. The molecule has 0 spiro atoms. The Morgan fingerprint density at radius 3 is 1.41 bits per heavy atom. The molecule has 2 aromatic rings. The Hall–Kier alpha value is -1.30. The van der Waals surface area contributed by atoms with E-state index in [9.17, 15) is 13.0 Å². The Labute approximate surface area is 103 Å². The average Bonchev–Trinajstić information content (AvgIpc) is 2.30. The molecular formula is C12H11O3S2+. The van der Waals surface area contributed by atoms with Gasteiger partial charge in [0.05, 0.1) is 0 Å². The van der Waals surface area contributed by atoms with Crippen LogP contribution in [0.1, 0.15) is 0 Å². The number of hydrogen-bond donors (Lipinski definition) is 1. The van der Waals surface area contributed by atoms with Gasteiger partial charge in [0, 0.05) is 0 Å².